The van der Waals surface area contributed by atoms with Gasteiger partial charge in [-0.25, -0.2) is 4.98 Å². The molecule has 30 heavy (non-hydrogen) atoms. The van der Waals surface area contributed by atoms with E-state index in [2.05, 4.69) is 20.3 Å². The molecule has 9 heteroatoms. The summed E-state index contributed by atoms with van der Waals surface area (Å²) in [6.07, 6.45) is 4.23. The molecule has 1 aliphatic rings. The standard InChI is InChI=1S/C21H23N5O4/c1-14-3-2-4-16-15(14)9-17(25-16)20(28)26-7-8-30-13-21(29,12-26)11-24-19(27)18-10-22-5-6-23-18/h2-6,9-10,25,29H,7-8,11-13H2,1H3,(H,24,27). The van der Waals surface area contributed by atoms with E-state index < -0.39 is 11.5 Å². The average molecular weight is 409 g/mol. The summed E-state index contributed by atoms with van der Waals surface area (Å²) in [7, 11) is 0. The third-order valence-electron chi connectivity index (χ3n) is 5.14. The molecule has 1 aromatic carbocycles. The number of amides is 2. The summed E-state index contributed by atoms with van der Waals surface area (Å²) in [6, 6.07) is 7.67. The van der Waals surface area contributed by atoms with E-state index in [4.69, 9.17) is 4.74 Å². The smallest absolute Gasteiger partial charge is 0.271 e. The third kappa shape index (κ3) is 4.17. The summed E-state index contributed by atoms with van der Waals surface area (Å²) in [5, 5.41) is 14.6. The molecule has 156 valence electrons. The maximum absolute atomic E-state index is 13.1. The van der Waals surface area contributed by atoms with Crippen LogP contribution in [0.2, 0.25) is 0 Å². The highest BCUT2D eigenvalue weighted by Gasteiger charge is 2.35. The summed E-state index contributed by atoms with van der Waals surface area (Å²) in [5.74, 6) is -0.681. The van der Waals surface area contributed by atoms with Gasteiger partial charge in [-0.2, -0.15) is 0 Å². The van der Waals surface area contributed by atoms with Gasteiger partial charge >= 0.3 is 0 Å². The molecule has 2 aromatic heterocycles. The molecule has 3 heterocycles. The molecule has 3 aromatic rings. The predicted octanol–water partition coefficient (Wildman–Crippen LogP) is 0.900. The van der Waals surface area contributed by atoms with Gasteiger partial charge in [-0.1, -0.05) is 12.1 Å². The van der Waals surface area contributed by atoms with Crippen LogP contribution in [0, 0.1) is 6.92 Å². The van der Waals surface area contributed by atoms with Gasteiger partial charge in [-0.05, 0) is 24.6 Å². The molecular weight excluding hydrogens is 386 g/mol. The molecule has 0 radical (unpaired) electrons. The molecule has 4 rings (SSSR count). The molecule has 1 unspecified atom stereocenters. The molecular formula is C21H23N5O4. The number of rotatable bonds is 4. The summed E-state index contributed by atoms with van der Waals surface area (Å²) in [6.45, 7) is 2.57. The highest BCUT2D eigenvalue weighted by Crippen LogP contribution is 2.21. The number of ether oxygens (including phenoxy) is 1. The van der Waals surface area contributed by atoms with Crippen molar-refractivity contribution in [3.63, 3.8) is 0 Å². The van der Waals surface area contributed by atoms with Crippen molar-refractivity contribution in [2.45, 2.75) is 12.5 Å². The highest BCUT2D eigenvalue weighted by molar-refractivity contribution is 5.99. The number of carbonyl (C=O) groups excluding carboxylic acids is 2. The topological polar surface area (TPSA) is 120 Å². The number of β-amino-alcohol motifs (C(OH)–C–C–N with tert-alkyl or cyclic N) is 1. The van der Waals surface area contributed by atoms with E-state index in [9.17, 15) is 14.7 Å². The van der Waals surface area contributed by atoms with Crippen molar-refractivity contribution in [3.8, 4) is 0 Å². The van der Waals surface area contributed by atoms with Crippen LogP contribution in [0.4, 0.5) is 0 Å². The van der Waals surface area contributed by atoms with Crippen molar-refractivity contribution < 1.29 is 19.4 Å². The minimum absolute atomic E-state index is 0.00331. The molecule has 1 atom stereocenters. The first kappa shape index (κ1) is 20.0. The summed E-state index contributed by atoms with van der Waals surface area (Å²) >= 11 is 0. The zero-order valence-corrected chi connectivity index (χ0v) is 16.6. The molecule has 0 bridgehead atoms. The van der Waals surface area contributed by atoms with Crippen molar-refractivity contribution in [3.05, 3.63) is 59.8 Å². The van der Waals surface area contributed by atoms with Crippen molar-refractivity contribution in [1.29, 1.82) is 0 Å². The number of carbonyl (C=O) groups is 2. The van der Waals surface area contributed by atoms with E-state index in [0.717, 1.165) is 16.5 Å². The Kier molecular flexibility index (Phi) is 5.47. The number of aliphatic hydroxyl groups is 1. The zero-order chi connectivity index (χ0) is 21.1. The lowest BCUT2D eigenvalue weighted by atomic mass is 10.0. The molecule has 2 amide bonds. The number of aryl methyl sites for hydroxylation is 1. The number of fused-ring (bicyclic) bond motifs is 1. The Morgan fingerprint density at radius 3 is 3.00 bits per heavy atom. The fraction of sp³-hybridized carbons (Fsp3) is 0.333. The van der Waals surface area contributed by atoms with Gasteiger partial charge in [0.1, 0.15) is 17.0 Å². The van der Waals surface area contributed by atoms with Gasteiger partial charge in [0.05, 0.1) is 32.5 Å². The maximum Gasteiger partial charge on any atom is 0.271 e. The van der Waals surface area contributed by atoms with Crippen molar-refractivity contribution in [1.82, 2.24) is 25.2 Å². The second kappa shape index (κ2) is 8.21. The van der Waals surface area contributed by atoms with Gasteiger partial charge in [0, 0.05) is 29.8 Å². The number of hydrogen-bond donors (Lipinski definition) is 3. The van der Waals surface area contributed by atoms with E-state index in [0.29, 0.717) is 18.8 Å². The normalized spacial score (nSPS) is 19.5. The van der Waals surface area contributed by atoms with E-state index in [1.54, 1.807) is 4.90 Å². The van der Waals surface area contributed by atoms with Crippen LogP contribution < -0.4 is 5.32 Å². The summed E-state index contributed by atoms with van der Waals surface area (Å²) < 4.78 is 5.51. The lowest BCUT2D eigenvalue weighted by Crippen LogP contribution is -2.53. The van der Waals surface area contributed by atoms with Gasteiger partial charge in [0.2, 0.25) is 0 Å². The molecule has 0 aliphatic carbocycles. The number of aromatic nitrogens is 3. The Balaban J connectivity index is 1.48. The van der Waals surface area contributed by atoms with Gasteiger partial charge in [0.25, 0.3) is 11.8 Å². The van der Waals surface area contributed by atoms with Crippen LogP contribution in [0.3, 0.4) is 0 Å². The number of hydrogen-bond acceptors (Lipinski definition) is 6. The SMILES string of the molecule is Cc1cccc2[nH]c(C(=O)N3CCOCC(O)(CNC(=O)c4cnccn4)C3)cc12. The van der Waals surface area contributed by atoms with Gasteiger partial charge in [0.15, 0.2) is 0 Å². The minimum atomic E-state index is -1.42. The second-order valence-corrected chi connectivity index (χ2v) is 7.50. The largest absolute Gasteiger partial charge is 0.384 e. The molecule has 3 N–H and O–H groups in total. The Morgan fingerprint density at radius 1 is 1.37 bits per heavy atom. The van der Waals surface area contributed by atoms with E-state index in [1.807, 2.05) is 31.2 Å². The fourth-order valence-corrected chi connectivity index (χ4v) is 3.54. The van der Waals surface area contributed by atoms with Crippen LogP contribution in [-0.4, -0.2) is 75.2 Å². The quantitative estimate of drug-likeness (QED) is 0.589. The lowest BCUT2D eigenvalue weighted by Gasteiger charge is -2.30. The van der Waals surface area contributed by atoms with Gasteiger partial charge in [-0.15, -0.1) is 0 Å². The Labute approximate surface area is 173 Å². The first-order valence-electron chi connectivity index (χ1n) is 9.67. The third-order valence-corrected chi connectivity index (χ3v) is 5.14. The molecule has 1 saturated heterocycles. The number of nitrogens with zero attached hydrogens (tertiary/aromatic N) is 3. The monoisotopic (exact) mass is 409 g/mol. The fourth-order valence-electron chi connectivity index (χ4n) is 3.54. The van der Waals surface area contributed by atoms with Crippen molar-refractivity contribution in [2.75, 3.05) is 32.8 Å². The van der Waals surface area contributed by atoms with Gasteiger partial charge < -0.3 is 25.0 Å². The van der Waals surface area contributed by atoms with Crippen LogP contribution in [-0.2, 0) is 4.74 Å². The predicted molar refractivity (Wildman–Crippen MR) is 109 cm³/mol. The number of nitrogens with one attached hydrogen (secondary N) is 2. The van der Waals surface area contributed by atoms with Crippen molar-refractivity contribution >= 4 is 22.7 Å². The van der Waals surface area contributed by atoms with Crippen LogP contribution in [0.25, 0.3) is 10.9 Å². The Hall–Kier alpha value is -3.30. The molecule has 1 fully saturated rings. The second-order valence-electron chi connectivity index (χ2n) is 7.50. The summed E-state index contributed by atoms with van der Waals surface area (Å²) in [5.41, 5.74) is 1.14. The minimum Gasteiger partial charge on any atom is -0.384 e. The molecule has 9 nitrogen and oxygen atoms in total. The zero-order valence-electron chi connectivity index (χ0n) is 16.6. The van der Waals surface area contributed by atoms with E-state index >= 15 is 0 Å². The number of aromatic amines is 1. The van der Waals surface area contributed by atoms with Crippen LogP contribution in [0.5, 0.6) is 0 Å². The number of H-pyrrole nitrogens is 1. The first-order valence-corrected chi connectivity index (χ1v) is 9.67. The molecule has 0 saturated carbocycles. The highest BCUT2D eigenvalue weighted by atomic mass is 16.5. The van der Waals surface area contributed by atoms with Gasteiger partial charge in [-0.3, -0.25) is 14.6 Å². The van der Waals surface area contributed by atoms with E-state index in [-0.39, 0.29) is 31.3 Å². The molecule has 1 aliphatic heterocycles. The van der Waals surface area contributed by atoms with Crippen LogP contribution in [0.1, 0.15) is 26.5 Å². The summed E-state index contributed by atoms with van der Waals surface area (Å²) in [4.78, 5) is 37.8. The van der Waals surface area contributed by atoms with Crippen LogP contribution >= 0.6 is 0 Å². The van der Waals surface area contributed by atoms with Crippen molar-refractivity contribution in [2.24, 2.45) is 0 Å². The Bertz CT molecular complexity index is 1070. The molecule has 0 spiro atoms. The average Bonchev–Trinajstić information content (AvgIpc) is 3.10. The number of benzene rings is 1. The van der Waals surface area contributed by atoms with E-state index in [1.165, 1.54) is 18.6 Å². The maximum atomic E-state index is 13.1. The Morgan fingerprint density at radius 2 is 2.23 bits per heavy atom. The lowest BCUT2D eigenvalue weighted by molar-refractivity contribution is -0.0324. The van der Waals surface area contributed by atoms with Crippen LogP contribution in [0.15, 0.2) is 42.9 Å². The first-order chi connectivity index (χ1) is 14.5.